The number of para-hydroxylation sites is 3. The average molecular weight is 491 g/mol. The maximum atomic E-state index is 12.4. The number of anilines is 4. The Morgan fingerprint density at radius 2 is 1.43 bits per heavy atom. The lowest BCUT2D eigenvalue weighted by molar-refractivity contribution is -0.387. The molecule has 0 aliphatic heterocycles. The number of hydrogen-bond donors (Lipinski definition) is 3. The van der Waals surface area contributed by atoms with E-state index in [1.165, 1.54) is 21.5 Å². The molecule has 15 heteroatoms. The summed E-state index contributed by atoms with van der Waals surface area (Å²) in [6, 6.07) is 12.4. The van der Waals surface area contributed by atoms with Gasteiger partial charge in [0.05, 0.1) is 16.3 Å². The normalized spacial score (nSPS) is 8.89. The number of halogens is 1. The van der Waals surface area contributed by atoms with Gasteiger partial charge in [-0.15, -0.1) is 0 Å². The van der Waals surface area contributed by atoms with Gasteiger partial charge in [0.25, 0.3) is 0 Å². The maximum absolute atomic E-state index is 12.4. The van der Waals surface area contributed by atoms with Crippen LogP contribution in [0.3, 0.4) is 0 Å². The predicted octanol–water partition coefficient (Wildman–Crippen LogP) is 3.11. The SMILES string of the molecule is CC.CC.Cn1nnnc1N.Cn1nnnc1Nc1ccccc1N.O=[N+]([O-])c1ccccc1F. The monoisotopic (exact) mass is 490 g/mol. The molecule has 0 saturated carbocycles. The van der Waals surface area contributed by atoms with Crippen LogP contribution in [0.4, 0.5) is 33.3 Å². The van der Waals surface area contributed by atoms with E-state index in [0.717, 1.165) is 17.8 Å². The van der Waals surface area contributed by atoms with Crippen molar-refractivity contribution in [1.29, 1.82) is 0 Å². The van der Waals surface area contributed by atoms with Crippen LogP contribution in [0.1, 0.15) is 27.7 Å². The lowest BCUT2D eigenvalue weighted by Crippen LogP contribution is -2.02. The molecule has 4 rings (SSSR count). The quantitative estimate of drug-likeness (QED) is 0.217. The first-order valence-electron chi connectivity index (χ1n) is 10.5. The molecule has 190 valence electrons. The van der Waals surface area contributed by atoms with Crippen molar-refractivity contribution in [3.8, 4) is 0 Å². The van der Waals surface area contributed by atoms with Gasteiger partial charge >= 0.3 is 5.69 Å². The molecule has 35 heavy (non-hydrogen) atoms. The Balaban J connectivity index is 0.000000484. The van der Waals surface area contributed by atoms with Crippen molar-refractivity contribution in [2.24, 2.45) is 14.1 Å². The number of nitro groups is 1. The molecular formula is C20H31FN12O2. The van der Waals surface area contributed by atoms with Crippen LogP contribution in [0.2, 0.25) is 0 Å². The van der Waals surface area contributed by atoms with E-state index >= 15 is 0 Å². The summed E-state index contributed by atoms with van der Waals surface area (Å²) in [6.07, 6.45) is 0. The van der Waals surface area contributed by atoms with Gasteiger partial charge in [0, 0.05) is 20.2 Å². The second-order valence-electron chi connectivity index (χ2n) is 5.71. The number of benzene rings is 2. The minimum Gasteiger partial charge on any atom is -0.397 e. The number of nitrogens with one attached hydrogen (secondary N) is 1. The van der Waals surface area contributed by atoms with Crippen LogP contribution in [0, 0.1) is 15.9 Å². The summed E-state index contributed by atoms with van der Waals surface area (Å²) in [6.45, 7) is 8.00. The van der Waals surface area contributed by atoms with Gasteiger partial charge < -0.3 is 16.8 Å². The summed E-state index contributed by atoms with van der Waals surface area (Å²) in [4.78, 5) is 9.23. The number of rotatable bonds is 3. The molecule has 0 radical (unpaired) electrons. The number of nitro benzene ring substituents is 1. The Morgan fingerprint density at radius 1 is 0.886 bits per heavy atom. The van der Waals surface area contributed by atoms with Crippen LogP contribution in [0.25, 0.3) is 0 Å². The summed E-state index contributed by atoms with van der Waals surface area (Å²) in [5.41, 5.74) is 11.9. The second-order valence-corrected chi connectivity index (χ2v) is 5.71. The zero-order valence-corrected chi connectivity index (χ0v) is 20.5. The number of nitrogens with two attached hydrogens (primary N) is 2. The van der Waals surface area contributed by atoms with Gasteiger partial charge in [-0.05, 0) is 39.1 Å². The molecule has 2 aromatic heterocycles. The molecule has 0 atom stereocenters. The van der Waals surface area contributed by atoms with E-state index in [4.69, 9.17) is 11.5 Å². The fourth-order valence-electron chi connectivity index (χ4n) is 1.90. The van der Waals surface area contributed by atoms with Gasteiger partial charge in [0.15, 0.2) is 0 Å². The van der Waals surface area contributed by atoms with Crippen molar-refractivity contribution in [3.63, 3.8) is 0 Å². The van der Waals surface area contributed by atoms with E-state index in [1.54, 1.807) is 14.1 Å². The van der Waals surface area contributed by atoms with Crippen LogP contribution in [-0.2, 0) is 14.1 Å². The van der Waals surface area contributed by atoms with Gasteiger partial charge in [-0.25, -0.2) is 9.36 Å². The highest BCUT2D eigenvalue weighted by atomic mass is 19.1. The van der Waals surface area contributed by atoms with Crippen LogP contribution in [-0.4, -0.2) is 45.3 Å². The number of nitrogens with zero attached hydrogens (tertiary/aromatic N) is 9. The third-order valence-corrected chi connectivity index (χ3v) is 3.53. The lowest BCUT2D eigenvalue weighted by atomic mass is 10.3. The highest BCUT2D eigenvalue weighted by Gasteiger charge is 2.10. The van der Waals surface area contributed by atoms with Crippen molar-refractivity contribution in [2.75, 3.05) is 16.8 Å². The average Bonchev–Trinajstić information content (AvgIpc) is 3.45. The van der Waals surface area contributed by atoms with Crippen molar-refractivity contribution in [2.45, 2.75) is 27.7 Å². The van der Waals surface area contributed by atoms with Gasteiger partial charge in [-0.2, -0.15) is 4.39 Å². The standard InChI is InChI=1S/C8H10N6.C6H4FNO2.C2H5N5.2C2H6/c1-14-8(11-12-13-14)10-7-5-3-2-4-6(7)9;7-5-3-1-2-4-6(5)8(9)10;1-7-2(3)4-5-6-7;2*1-2/h2-5H,9H2,1H3,(H,10,11,13);1-4H;1H3,(H2,3,4,6);2*1-2H3. The fourth-order valence-corrected chi connectivity index (χ4v) is 1.90. The summed E-state index contributed by atoms with van der Waals surface area (Å²) in [5.74, 6) is 0.0930. The van der Waals surface area contributed by atoms with E-state index in [2.05, 4.69) is 36.4 Å². The number of nitrogen functional groups attached to an aromatic ring is 2. The Kier molecular flexibility index (Phi) is 14.6. The van der Waals surface area contributed by atoms with Crippen molar-refractivity contribution < 1.29 is 9.31 Å². The summed E-state index contributed by atoms with van der Waals surface area (Å²) in [5, 5.41) is 34.1. The molecule has 0 unspecified atom stereocenters. The van der Waals surface area contributed by atoms with E-state index in [9.17, 15) is 14.5 Å². The second kappa shape index (κ2) is 16.9. The van der Waals surface area contributed by atoms with Crippen molar-refractivity contribution in [1.82, 2.24) is 40.4 Å². The third kappa shape index (κ3) is 10.6. The zero-order chi connectivity index (χ0) is 26.8. The smallest absolute Gasteiger partial charge is 0.304 e. The van der Waals surface area contributed by atoms with Crippen LogP contribution in [0.15, 0.2) is 48.5 Å². The molecule has 0 bridgehead atoms. The van der Waals surface area contributed by atoms with Crippen molar-refractivity contribution >= 4 is 29.0 Å². The predicted molar refractivity (Wildman–Crippen MR) is 132 cm³/mol. The van der Waals surface area contributed by atoms with Crippen LogP contribution >= 0.6 is 0 Å². The molecule has 14 nitrogen and oxygen atoms in total. The zero-order valence-electron chi connectivity index (χ0n) is 20.5. The summed E-state index contributed by atoms with van der Waals surface area (Å²) >= 11 is 0. The van der Waals surface area contributed by atoms with E-state index < -0.39 is 16.4 Å². The Morgan fingerprint density at radius 3 is 1.83 bits per heavy atom. The summed E-state index contributed by atoms with van der Waals surface area (Å²) in [7, 11) is 3.43. The molecule has 2 heterocycles. The molecule has 0 amide bonds. The number of aryl methyl sites for hydroxylation is 2. The van der Waals surface area contributed by atoms with Crippen LogP contribution in [0.5, 0.6) is 0 Å². The Labute approximate surface area is 202 Å². The minimum absolute atomic E-state index is 0.333. The summed E-state index contributed by atoms with van der Waals surface area (Å²) < 4.78 is 15.3. The van der Waals surface area contributed by atoms with Gasteiger partial charge in [0.1, 0.15) is 0 Å². The van der Waals surface area contributed by atoms with E-state index in [1.807, 2.05) is 52.0 Å². The first-order chi connectivity index (χ1) is 16.8. The lowest BCUT2D eigenvalue weighted by Gasteiger charge is -2.05. The Hall–Kier alpha value is -4.69. The molecule has 0 spiro atoms. The maximum Gasteiger partial charge on any atom is 0.304 e. The number of hydrogen-bond acceptors (Lipinski definition) is 11. The largest absolute Gasteiger partial charge is 0.397 e. The van der Waals surface area contributed by atoms with Gasteiger partial charge in [-0.3, -0.25) is 10.1 Å². The fraction of sp³-hybridized carbons (Fsp3) is 0.300. The highest BCUT2D eigenvalue weighted by Crippen LogP contribution is 2.19. The number of aromatic nitrogens is 8. The van der Waals surface area contributed by atoms with Crippen LogP contribution < -0.4 is 16.8 Å². The molecule has 5 N–H and O–H groups in total. The molecule has 0 fully saturated rings. The first-order valence-corrected chi connectivity index (χ1v) is 10.5. The molecule has 0 aliphatic rings. The molecular weight excluding hydrogens is 459 g/mol. The Bertz CT molecular complexity index is 1120. The molecule has 0 saturated heterocycles. The van der Waals surface area contributed by atoms with Crippen molar-refractivity contribution in [3.05, 3.63) is 64.5 Å². The van der Waals surface area contributed by atoms with E-state index in [0.29, 0.717) is 17.6 Å². The van der Waals surface area contributed by atoms with E-state index in [-0.39, 0.29) is 0 Å². The molecule has 4 aromatic rings. The van der Waals surface area contributed by atoms with Gasteiger partial charge in [0.2, 0.25) is 17.7 Å². The topological polar surface area (TPSA) is 194 Å². The van der Waals surface area contributed by atoms with Gasteiger partial charge in [-0.1, -0.05) is 62.2 Å². The molecule has 2 aromatic carbocycles. The third-order valence-electron chi connectivity index (χ3n) is 3.53. The highest BCUT2D eigenvalue weighted by molar-refractivity contribution is 5.69. The molecule has 0 aliphatic carbocycles. The minimum atomic E-state index is -0.799. The number of tetrazole rings is 2. The first kappa shape index (κ1) is 30.3.